The molecule has 2 unspecified atom stereocenters. The number of carbonyl (C=O) groups is 2. The van der Waals surface area contributed by atoms with Crippen molar-refractivity contribution in [2.75, 3.05) is 6.61 Å². The first kappa shape index (κ1) is 26.8. The molecule has 1 N–H and O–H groups in total. The third-order valence-electron chi connectivity index (χ3n) is 6.64. The van der Waals surface area contributed by atoms with Crippen molar-refractivity contribution in [1.29, 1.82) is 0 Å². The summed E-state index contributed by atoms with van der Waals surface area (Å²) in [5, 5.41) is 6.14. The topological polar surface area (TPSA) is 113 Å². The summed E-state index contributed by atoms with van der Waals surface area (Å²) < 4.78 is 11.0. The number of nitrogens with one attached hydrogen (secondary N) is 1. The summed E-state index contributed by atoms with van der Waals surface area (Å²) in [5.41, 5.74) is 15.6. The monoisotopic (exact) mass is 512 g/mol. The molecular formula is C30H32N4O4. The van der Waals surface area contributed by atoms with E-state index in [9.17, 15) is 9.59 Å². The van der Waals surface area contributed by atoms with E-state index in [1.165, 1.54) is 18.1 Å². The molecule has 0 spiro atoms. The summed E-state index contributed by atoms with van der Waals surface area (Å²) in [6, 6.07) is 21.6. The maximum Gasteiger partial charge on any atom is 0.407 e. The smallest absolute Gasteiger partial charge is 0.407 e. The highest BCUT2D eigenvalue weighted by molar-refractivity contribution is 5.83. The molecule has 3 aromatic carbocycles. The molecule has 0 heterocycles. The van der Waals surface area contributed by atoms with Crippen LogP contribution in [-0.2, 0) is 27.3 Å². The van der Waals surface area contributed by atoms with Gasteiger partial charge in [0.05, 0.1) is 6.04 Å². The Morgan fingerprint density at radius 2 is 1.66 bits per heavy atom. The van der Waals surface area contributed by atoms with Crippen LogP contribution >= 0.6 is 0 Å². The van der Waals surface area contributed by atoms with Crippen LogP contribution in [0.1, 0.15) is 48.9 Å². The highest BCUT2D eigenvalue weighted by atomic mass is 16.6. The van der Waals surface area contributed by atoms with Gasteiger partial charge in [-0.25, -0.2) is 9.59 Å². The number of azide groups is 1. The summed E-state index contributed by atoms with van der Waals surface area (Å²) in [5.74, 6) is -0.330. The molecule has 0 saturated heterocycles. The molecule has 3 atom stereocenters. The van der Waals surface area contributed by atoms with Gasteiger partial charge in [-0.3, -0.25) is 0 Å². The lowest BCUT2D eigenvalue weighted by atomic mass is 9.92. The molecular weight excluding hydrogens is 480 g/mol. The van der Waals surface area contributed by atoms with Gasteiger partial charge in [-0.15, -0.1) is 0 Å². The van der Waals surface area contributed by atoms with E-state index in [1.807, 2.05) is 42.5 Å². The largest absolute Gasteiger partial charge is 0.459 e. The number of hydrogen-bond donors (Lipinski definition) is 1. The SMILES string of the molecule is CC(C)Cc1cccc2c1-c1ccccc1C2COC(=O)N[C@H](C(=O)OCc1ccccc1)C(C)N=[N+]=[N-]. The third-order valence-corrected chi connectivity index (χ3v) is 6.64. The van der Waals surface area contributed by atoms with Crippen LogP contribution in [0.3, 0.4) is 0 Å². The van der Waals surface area contributed by atoms with Gasteiger partial charge in [0, 0.05) is 10.8 Å². The summed E-state index contributed by atoms with van der Waals surface area (Å²) in [6.45, 7) is 6.06. The molecule has 0 radical (unpaired) electrons. The number of esters is 1. The maximum atomic E-state index is 12.9. The molecule has 38 heavy (non-hydrogen) atoms. The highest BCUT2D eigenvalue weighted by Gasteiger charge is 2.33. The predicted octanol–water partition coefficient (Wildman–Crippen LogP) is 6.53. The molecule has 0 fully saturated rings. The Morgan fingerprint density at radius 1 is 0.947 bits per heavy atom. The number of rotatable bonds is 10. The van der Waals surface area contributed by atoms with E-state index in [-0.39, 0.29) is 19.1 Å². The lowest BCUT2D eigenvalue weighted by molar-refractivity contribution is -0.147. The summed E-state index contributed by atoms with van der Waals surface area (Å²) in [4.78, 5) is 28.4. The maximum absolute atomic E-state index is 12.9. The molecule has 8 nitrogen and oxygen atoms in total. The third kappa shape index (κ3) is 6.15. The van der Waals surface area contributed by atoms with Crippen molar-refractivity contribution < 1.29 is 19.1 Å². The minimum absolute atomic E-state index is 0.0320. The molecule has 8 heteroatoms. The fraction of sp³-hybridized carbons (Fsp3) is 0.333. The highest BCUT2D eigenvalue weighted by Crippen LogP contribution is 2.46. The summed E-state index contributed by atoms with van der Waals surface area (Å²) >= 11 is 0. The van der Waals surface area contributed by atoms with Gasteiger partial charge in [-0.1, -0.05) is 98.7 Å². The molecule has 1 amide bonds. The van der Waals surface area contributed by atoms with Crippen molar-refractivity contribution in [3.8, 4) is 11.1 Å². The molecule has 3 aromatic rings. The number of benzene rings is 3. The number of fused-ring (bicyclic) bond motifs is 3. The predicted molar refractivity (Wildman–Crippen MR) is 145 cm³/mol. The van der Waals surface area contributed by atoms with E-state index in [4.69, 9.17) is 15.0 Å². The molecule has 0 saturated carbocycles. The summed E-state index contributed by atoms with van der Waals surface area (Å²) in [6.07, 6.45) is 0.172. The van der Waals surface area contributed by atoms with Gasteiger partial charge in [0.1, 0.15) is 19.3 Å². The molecule has 0 bridgehead atoms. The Hall–Kier alpha value is -4.29. The van der Waals surface area contributed by atoms with Crippen molar-refractivity contribution in [1.82, 2.24) is 5.32 Å². The number of nitrogens with zero attached hydrogens (tertiary/aromatic N) is 3. The first-order valence-corrected chi connectivity index (χ1v) is 12.8. The van der Waals surface area contributed by atoms with Gasteiger partial charge in [0.2, 0.25) is 0 Å². The van der Waals surface area contributed by atoms with Crippen molar-refractivity contribution in [2.45, 2.75) is 51.8 Å². The van der Waals surface area contributed by atoms with Crippen molar-refractivity contribution in [2.24, 2.45) is 11.0 Å². The van der Waals surface area contributed by atoms with Crippen molar-refractivity contribution >= 4 is 12.1 Å². The molecule has 1 aliphatic carbocycles. The Bertz CT molecular complexity index is 1340. The van der Waals surface area contributed by atoms with Crippen LogP contribution in [0.2, 0.25) is 0 Å². The van der Waals surface area contributed by atoms with Gasteiger partial charge in [0.15, 0.2) is 0 Å². The molecule has 4 rings (SSSR count). The van der Waals surface area contributed by atoms with Gasteiger partial charge in [-0.2, -0.15) is 0 Å². The van der Waals surface area contributed by atoms with Gasteiger partial charge >= 0.3 is 12.1 Å². The lowest BCUT2D eigenvalue weighted by Gasteiger charge is -2.21. The quantitative estimate of drug-likeness (QED) is 0.144. The average Bonchev–Trinajstić information content (AvgIpc) is 3.24. The zero-order valence-electron chi connectivity index (χ0n) is 21.8. The van der Waals surface area contributed by atoms with Gasteiger partial charge in [-0.05, 0) is 51.3 Å². The Morgan fingerprint density at radius 3 is 2.39 bits per heavy atom. The Kier molecular flexibility index (Phi) is 8.66. The molecule has 196 valence electrons. The Labute approximate surface area is 222 Å². The average molecular weight is 513 g/mol. The normalized spacial score (nSPS) is 15.0. The van der Waals surface area contributed by atoms with Crippen molar-refractivity contribution in [3.05, 3.63) is 105 Å². The first-order valence-electron chi connectivity index (χ1n) is 12.8. The van der Waals surface area contributed by atoms with Gasteiger partial charge in [0.25, 0.3) is 0 Å². The summed E-state index contributed by atoms with van der Waals surface area (Å²) in [7, 11) is 0. The molecule has 1 aliphatic rings. The zero-order chi connectivity index (χ0) is 27.1. The van der Waals surface area contributed by atoms with E-state index in [1.54, 1.807) is 0 Å². The first-order chi connectivity index (χ1) is 18.4. The number of amides is 1. The molecule has 0 aromatic heterocycles. The standard InChI is InChI=1S/C30H32N4O4/c1-19(2)16-22-12-9-15-25-26(23-13-7-8-14-24(23)27(22)25)18-38-30(36)32-28(20(3)33-34-31)29(35)37-17-21-10-5-4-6-11-21/h4-15,19-20,26,28H,16-18H2,1-3H3,(H,32,36)/t20?,26?,28-/m0/s1. The van der Waals surface area contributed by atoms with Crippen LogP contribution in [0.25, 0.3) is 21.6 Å². The molecule has 0 aliphatic heterocycles. The van der Waals surface area contributed by atoms with Crippen LogP contribution in [0.15, 0.2) is 77.9 Å². The van der Waals surface area contributed by atoms with E-state index >= 15 is 0 Å². The van der Waals surface area contributed by atoms with Crippen LogP contribution in [-0.4, -0.2) is 30.8 Å². The fourth-order valence-corrected chi connectivity index (χ4v) is 4.90. The Balaban J connectivity index is 1.47. The number of hydrogen-bond acceptors (Lipinski definition) is 5. The second kappa shape index (κ2) is 12.3. The minimum Gasteiger partial charge on any atom is -0.459 e. The zero-order valence-corrected chi connectivity index (χ0v) is 21.8. The number of carbonyl (C=O) groups excluding carboxylic acids is 2. The van der Waals surface area contributed by atoms with Crippen LogP contribution < -0.4 is 5.32 Å². The lowest BCUT2D eigenvalue weighted by Crippen LogP contribution is -2.48. The van der Waals surface area contributed by atoms with Crippen LogP contribution in [0.4, 0.5) is 4.79 Å². The fourth-order valence-electron chi connectivity index (χ4n) is 4.90. The van der Waals surface area contributed by atoms with Crippen molar-refractivity contribution in [3.63, 3.8) is 0 Å². The van der Waals surface area contributed by atoms with E-state index in [0.29, 0.717) is 5.92 Å². The van der Waals surface area contributed by atoms with Crippen LogP contribution in [0, 0.1) is 5.92 Å². The second-order valence-corrected chi connectivity index (χ2v) is 9.88. The number of alkyl carbamates (subject to hydrolysis) is 1. The van der Waals surface area contributed by atoms with E-state index in [2.05, 4.69) is 59.5 Å². The van der Waals surface area contributed by atoms with E-state index in [0.717, 1.165) is 28.7 Å². The second-order valence-electron chi connectivity index (χ2n) is 9.88. The number of ether oxygens (including phenoxy) is 2. The van der Waals surface area contributed by atoms with Gasteiger partial charge < -0.3 is 14.8 Å². The van der Waals surface area contributed by atoms with Crippen LogP contribution in [0.5, 0.6) is 0 Å². The van der Waals surface area contributed by atoms with E-state index < -0.39 is 24.1 Å². The minimum atomic E-state index is -1.19.